The molecule has 2 aliphatic heterocycles. The Morgan fingerprint density at radius 1 is 1.16 bits per heavy atom. The molecule has 4 rings (SSSR count). The summed E-state index contributed by atoms with van der Waals surface area (Å²) in [5, 5.41) is -0.0993. The van der Waals surface area contributed by atoms with Crippen LogP contribution < -0.4 is 4.74 Å². The van der Waals surface area contributed by atoms with Crippen molar-refractivity contribution in [3.63, 3.8) is 0 Å². The number of ether oxygens (including phenoxy) is 2. The van der Waals surface area contributed by atoms with Crippen molar-refractivity contribution in [2.45, 2.75) is 23.3 Å². The summed E-state index contributed by atoms with van der Waals surface area (Å²) in [6, 6.07) is 0.332. The predicted octanol–water partition coefficient (Wildman–Crippen LogP) is 0.382. The number of rotatable bonds is 5. The minimum absolute atomic E-state index is 0.0493. The van der Waals surface area contributed by atoms with Gasteiger partial charge in [0.2, 0.25) is 5.88 Å². The van der Waals surface area contributed by atoms with Gasteiger partial charge in [0, 0.05) is 38.9 Å². The van der Waals surface area contributed by atoms with E-state index in [0.717, 1.165) is 6.33 Å². The summed E-state index contributed by atoms with van der Waals surface area (Å²) < 4.78 is 79.0. The Morgan fingerprint density at radius 2 is 1.90 bits per heavy atom. The number of nitrogens with zero attached hydrogens (tertiary/aromatic N) is 6. The first-order valence-corrected chi connectivity index (χ1v) is 10.9. The van der Waals surface area contributed by atoms with Gasteiger partial charge in [-0.2, -0.15) is 17.5 Å². The Labute approximate surface area is 176 Å². The largest absolute Gasteiger partial charge is 0.471 e. The smallest absolute Gasteiger partial charge is 0.433 e. The van der Waals surface area contributed by atoms with Crippen LogP contribution in [0.25, 0.3) is 0 Å². The lowest BCUT2D eigenvalue weighted by Crippen LogP contribution is -2.50. The molecule has 2 atom stereocenters. The van der Waals surface area contributed by atoms with Crippen molar-refractivity contribution < 1.29 is 31.1 Å². The van der Waals surface area contributed by atoms with Gasteiger partial charge in [0.05, 0.1) is 32.1 Å². The number of morpholine rings is 1. The van der Waals surface area contributed by atoms with Crippen LogP contribution in [0.15, 0.2) is 29.9 Å². The maximum atomic E-state index is 13.0. The van der Waals surface area contributed by atoms with E-state index in [2.05, 4.69) is 15.0 Å². The minimum atomic E-state index is -4.64. The second-order valence-corrected chi connectivity index (χ2v) is 9.20. The summed E-state index contributed by atoms with van der Waals surface area (Å²) in [7, 11) is -2.24. The quantitative estimate of drug-likeness (QED) is 0.629. The zero-order valence-corrected chi connectivity index (χ0v) is 17.4. The van der Waals surface area contributed by atoms with Gasteiger partial charge in [-0.05, 0) is 0 Å². The third kappa shape index (κ3) is 4.66. The van der Waals surface area contributed by atoms with E-state index in [-0.39, 0.29) is 30.0 Å². The molecular weight excluding hydrogens is 441 g/mol. The van der Waals surface area contributed by atoms with Crippen LogP contribution in [0.5, 0.6) is 5.88 Å². The van der Waals surface area contributed by atoms with Crippen LogP contribution in [0.3, 0.4) is 0 Å². The molecule has 0 N–H and O–H groups in total. The maximum absolute atomic E-state index is 13.0. The van der Waals surface area contributed by atoms with Gasteiger partial charge in [-0.15, -0.1) is 0 Å². The Morgan fingerprint density at radius 3 is 2.55 bits per heavy atom. The van der Waals surface area contributed by atoms with Crippen LogP contribution >= 0.6 is 0 Å². The number of aromatic nitrogens is 4. The van der Waals surface area contributed by atoms with E-state index in [1.165, 1.54) is 21.4 Å². The van der Waals surface area contributed by atoms with Crippen molar-refractivity contribution in [1.82, 2.24) is 28.7 Å². The molecule has 31 heavy (non-hydrogen) atoms. The number of hydrogen-bond acceptors (Lipinski definition) is 8. The van der Waals surface area contributed by atoms with Gasteiger partial charge < -0.3 is 14.0 Å². The first-order chi connectivity index (χ1) is 14.6. The van der Waals surface area contributed by atoms with Crippen molar-refractivity contribution in [2.24, 2.45) is 7.05 Å². The van der Waals surface area contributed by atoms with Crippen molar-refractivity contribution in [2.75, 3.05) is 39.4 Å². The average Bonchev–Trinajstić information content (AvgIpc) is 3.36. The average molecular weight is 462 g/mol. The Balaban J connectivity index is 1.59. The first kappa shape index (κ1) is 21.9. The molecule has 0 amide bonds. The Hall–Kier alpha value is -2.29. The fourth-order valence-corrected chi connectivity index (χ4v) is 5.10. The lowest BCUT2D eigenvalue weighted by Gasteiger charge is -2.34. The highest BCUT2D eigenvalue weighted by molar-refractivity contribution is 7.89. The molecule has 4 heterocycles. The molecule has 170 valence electrons. The van der Waals surface area contributed by atoms with E-state index in [1.807, 2.05) is 4.90 Å². The third-order valence-electron chi connectivity index (χ3n) is 5.21. The van der Waals surface area contributed by atoms with Crippen LogP contribution in [0.4, 0.5) is 13.2 Å². The van der Waals surface area contributed by atoms with Gasteiger partial charge in [-0.3, -0.25) is 4.90 Å². The van der Waals surface area contributed by atoms with Crippen LogP contribution in [-0.2, 0) is 28.0 Å². The van der Waals surface area contributed by atoms with Gasteiger partial charge >= 0.3 is 6.18 Å². The van der Waals surface area contributed by atoms with E-state index in [9.17, 15) is 21.6 Å². The highest BCUT2D eigenvalue weighted by Crippen LogP contribution is 2.30. The van der Waals surface area contributed by atoms with Gasteiger partial charge in [-0.1, -0.05) is 0 Å². The summed E-state index contributed by atoms with van der Waals surface area (Å²) in [6.07, 6.45) is -1.82. The second kappa shape index (κ2) is 8.33. The Bertz CT molecular complexity index is 1020. The molecule has 0 bridgehead atoms. The van der Waals surface area contributed by atoms with Gasteiger partial charge in [0.25, 0.3) is 10.0 Å². The SMILES string of the molecule is Cn1cnc(S(=O)(=O)N2C[C@H](Oc3cc(C(F)(F)F)ncn3)[C@@H](N3CCOCC3)C2)c1. The van der Waals surface area contributed by atoms with Gasteiger partial charge in [0.15, 0.2) is 10.7 Å². The number of sulfonamides is 1. The van der Waals surface area contributed by atoms with E-state index in [4.69, 9.17) is 9.47 Å². The molecule has 0 radical (unpaired) electrons. The molecule has 0 aromatic carbocycles. The number of imidazole rings is 1. The van der Waals surface area contributed by atoms with Crippen LogP contribution in [-0.4, -0.2) is 88.7 Å². The molecule has 2 aromatic rings. The summed E-state index contributed by atoms with van der Waals surface area (Å²) in [5.74, 6) is -0.261. The van der Waals surface area contributed by atoms with E-state index >= 15 is 0 Å². The van der Waals surface area contributed by atoms with Crippen molar-refractivity contribution in [3.8, 4) is 5.88 Å². The zero-order chi connectivity index (χ0) is 22.2. The second-order valence-electron chi connectivity index (χ2n) is 7.31. The molecule has 2 aromatic heterocycles. The molecular formula is C17H21F3N6O4S. The molecule has 10 nitrogen and oxygen atoms in total. The predicted molar refractivity (Wildman–Crippen MR) is 99.6 cm³/mol. The lowest BCUT2D eigenvalue weighted by atomic mass is 10.1. The molecule has 2 saturated heterocycles. The molecule has 2 fully saturated rings. The molecule has 0 aliphatic carbocycles. The fourth-order valence-electron chi connectivity index (χ4n) is 3.66. The molecule has 0 saturated carbocycles. The normalized spacial score (nSPS) is 23.9. The summed E-state index contributed by atoms with van der Waals surface area (Å²) in [4.78, 5) is 13.0. The number of alkyl halides is 3. The van der Waals surface area contributed by atoms with Crippen LogP contribution in [0.1, 0.15) is 5.69 Å². The molecule has 2 aliphatic rings. The highest BCUT2D eigenvalue weighted by atomic mass is 32.2. The fraction of sp³-hybridized carbons (Fsp3) is 0.588. The van der Waals surface area contributed by atoms with Crippen LogP contribution in [0.2, 0.25) is 0 Å². The third-order valence-corrected chi connectivity index (χ3v) is 6.93. The van der Waals surface area contributed by atoms with E-state index in [1.54, 1.807) is 7.05 Å². The van der Waals surface area contributed by atoms with Crippen LogP contribution in [0, 0.1) is 0 Å². The lowest BCUT2D eigenvalue weighted by molar-refractivity contribution is -0.141. The van der Waals surface area contributed by atoms with E-state index in [0.29, 0.717) is 32.4 Å². The standard InChI is InChI=1S/C17H21F3N6O4S/c1-24-9-16(23-11-24)31(27,28)26-7-12(25-2-4-29-5-3-25)13(8-26)30-15-6-14(17(18,19)20)21-10-22-15/h6,9-13H,2-5,7-8H2,1H3/t12-,13-/m0/s1. The molecule has 14 heteroatoms. The topological polar surface area (TPSA) is 103 Å². The van der Waals surface area contributed by atoms with Crippen molar-refractivity contribution in [3.05, 3.63) is 30.6 Å². The number of aryl methyl sites for hydroxylation is 1. The van der Waals surface area contributed by atoms with Crippen molar-refractivity contribution in [1.29, 1.82) is 0 Å². The molecule has 0 unspecified atom stereocenters. The van der Waals surface area contributed by atoms with Crippen molar-refractivity contribution >= 4 is 10.0 Å². The van der Waals surface area contributed by atoms with Gasteiger partial charge in [-0.25, -0.2) is 23.4 Å². The monoisotopic (exact) mass is 462 g/mol. The molecule has 0 spiro atoms. The highest BCUT2D eigenvalue weighted by Gasteiger charge is 2.45. The first-order valence-electron chi connectivity index (χ1n) is 9.50. The summed E-state index contributed by atoms with van der Waals surface area (Å²) >= 11 is 0. The summed E-state index contributed by atoms with van der Waals surface area (Å²) in [5.41, 5.74) is -1.13. The summed E-state index contributed by atoms with van der Waals surface area (Å²) in [6.45, 7) is 2.12. The maximum Gasteiger partial charge on any atom is 0.433 e. The number of hydrogen-bond donors (Lipinski definition) is 0. The zero-order valence-electron chi connectivity index (χ0n) is 16.6. The van der Waals surface area contributed by atoms with Gasteiger partial charge in [0.1, 0.15) is 12.4 Å². The minimum Gasteiger partial charge on any atom is -0.471 e. The Kier molecular flexibility index (Phi) is 5.89. The van der Waals surface area contributed by atoms with E-state index < -0.39 is 28.0 Å². The number of halogens is 3.